The van der Waals surface area contributed by atoms with Crippen LogP contribution in [0.4, 0.5) is 0 Å². The largest absolute Gasteiger partial charge is 0.436 e. The number of hydrogen-bond donors (Lipinski definition) is 0. The van der Waals surface area contributed by atoms with Gasteiger partial charge in [-0.1, -0.05) is 0 Å². The normalized spacial score (nSPS) is 23.6. The second kappa shape index (κ2) is 5.38. The third-order valence-electron chi connectivity index (χ3n) is 1.70. The molecule has 1 saturated heterocycles. The molecule has 3 nitrogen and oxygen atoms in total. The van der Waals surface area contributed by atoms with Gasteiger partial charge in [-0.3, -0.25) is 4.79 Å². The number of ether oxygens (including phenoxy) is 2. The Morgan fingerprint density at radius 1 is 1.58 bits per heavy atom. The van der Waals surface area contributed by atoms with Gasteiger partial charge in [0.05, 0.1) is 13.0 Å². The summed E-state index contributed by atoms with van der Waals surface area (Å²) in [5.41, 5.74) is 0. The average molecular weight is 193 g/mol. The summed E-state index contributed by atoms with van der Waals surface area (Å²) >= 11 is 5.37. The van der Waals surface area contributed by atoms with Crippen molar-refractivity contribution in [3.63, 3.8) is 0 Å². The van der Waals surface area contributed by atoms with Gasteiger partial charge in [0.25, 0.3) is 0 Å². The summed E-state index contributed by atoms with van der Waals surface area (Å²) < 4.78 is 10.2. The molecule has 1 fully saturated rings. The molecular weight excluding hydrogens is 180 g/mol. The molecule has 1 heterocycles. The maximum atomic E-state index is 10.9. The molecule has 0 aromatic heterocycles. The van der Waals surface area contributed by atoms with Crippen molar-refractivity contribution in [3.05, 3.63) is 0 Å². The summed E-state index contributed by atoms with van der Waals surface area (Å²) in [6.45, 7) is 0.693. The first-order valence-electron chi connectivity index (χ1n) is 4.20. The first-order valence-corrected chi connectivity index (χ1v) is 4.73. The molecule has 1 aliphatic rings. The van der Waals surface area contributed by atoms with E-state index >= 15 is 0 Å². The fourth-order valence-corrected chi connectivity index (χ4v) is 1.24. The molecular formula is C8H13ClO3. The third-order valence-corrected chi connectivity index (χ3v) is 1.89. The van der Waals surface area contributed by atoms with Crippen LogP contribution in [0.2, 0.25) is 0 Å². The SMILES string of the molecule is O=C(CCCl)OC1CCCCO1. The first kappa shape index (κ1) is 9.81. The van der Waals surface area contributed by atoms with Crippen molar-refractivity contribution in [1.82, 2.24) is 0 Å². The third kappa shape index (κ3) is 3.41. The maximum absolute atomic E-state index is 10.9. The van der Waals surface area contributed by atoms with Crippen LogP contribution in [0.5, 0.6) is 0 Å². The molecule has 1 unspecified atom stereocenters. The maximum Gasteiger partial charge on any atom is 0.309 e. The van der Waals surface area contributed by atoms with Crippen molar-refractivity contribution >= 4 is 17.6 Å². The summed E-state index contributed by atoms with van der Waals surface area (Å²) in [7, 11) is 0. The van der Waals surface area contributed by atoms with Gasteiger partial charge in [-0.05, 0) is 12.8 Å². The minimum absolute atomic E-state index is 0.265. The van der Waals surface area contributed by atoms with E-state index in [2.05, 4.69) is 0 Å². The van der Waals surface area contributed by atoms with Gasteiger partial charge in [-0.25, -0.2) is 0 Å². The molecule has 0 saturated carbocycles. The van der Waals surface area contributed by atoms with Crippen molar-refractivity contribution in [1.29, 1.82) is 0 Å². The highest BCUT2D eigenvalue weighted by molar-refractivity contribution is 6.18. The molecule has 0 aromatic rings. The van der Waals surface area contributed by atoms with Gasteiger partial charge in [-0.15, -0.1) is 11.6 Å². The average Bonchev–Trinajstić information content (AvgIpc) is 2.06. The predicted octanol–water partition coefficient (Wildman–Crippen LogP) is 1.69. The van der Waals surface area contributed by atoms with Crippen molar-refractivity contribution in [2.24, 2.45) is 0 Å². The van der Waals surface area contributed by atoms with Crippen molar-refractivity contribution < 1.29 is 14.3 Å². The highest BCUT2D eigenvalue weighted by Crippen LogP contribution is 2.14. The summed E-state index contributed by atoms with van der Waals surface area (Å²) in [6, 6.07) is 0. The van der Waals surface area contributed by atoms with E-state index in [9.17, 15) is 4.79 Å². The van der Waals surface area contributed by atoms with E-state index in [1.165, 1.54) is 0 Å². The minimum atomic E-state index is -0.325. The van der Waals surface area contributed by atoms with Crippen LogP contribution in [0.3, 0.4) is 0 Å². The Balaban J connectivity index is 2.15. The topological polar surface area (TPSA) is 35.5 Å². The van der Waals surface area contributed by atoms with Crippen LogP contribution in [0.15, 0.2) is 0 Å². The fourth-order valence-electron chi connectivity index (χ4n) is 1.09. The zero-order valence-corrected chi connectivity index (χ0v) is 7.68. The Labute approximate surface area is 77.0 Å². The van der Waals surface area contributed by atoms with Crippen molar-refractivity contribution in [2.75, 3.05) is 12.5 Å². The Kier molecular flexibility index (Phi) is 4.40. The van der Waals surface area contributed by atoms with Gasteiger partial charge in [-0.2, -0.15) is 0 Å². The molecule has 1 rings (SSSR count). The zero-order valence-electron chi connectivity index (χ0n) is 6.92. The van der Waals surface area contributed by atoms with Gasteiger partial charge in [0.15, 0.2) is 0 Å². The van der Waals surface area contributed by atoms with E-state index in [0.717, 1.165) is 19.3 Å². The van der Waals surface area contributed by atoms with Crippen LogP contribution in [-0.2, 0) is 14.3 Å². The van der Waals surface area contributed by atoms with Gasteiger partial charge < -0.3 is 9.47 Å². The molecule has 12 heavy (non-hydrogen) atoms. The molecule has 0 aliphatic carbocycles. The summed E-state index contributed by atoms with van der Waals surface area (Å²) in [6.07, 6.45) is 2.88. The number of carbonyl (C=O) groups excluding carboxylic acids is 1. The highest BCUT2D eigenvalue weighted by atomic mass is 35.5. The Hall–Kier alpha value is -0.280. The van der Waals surface area contributed by atoms with Gasteiger partial charge in [0.1, 0.15) is 0 Å². The monoisotopic (exact) mass is 192 g/mol. The first-order chi connectivity index (χ1) is 5.83. The summed E-state index contributed by atoms with van der Waals surface area (Å²) in [5, 5.41) is 0. The summed E-state index contributed by atoms with van der Waals surface area (Å²) in [4.78, 5) is 10.9. The lowest BCUT2D eigenvalue weighted by Gasteiger charge is -2.22. The highest BCUT2D eigenvalue weighted by Gasteiger charge is 2.17. The van der Waals surface area contributed by atoms with Gasteiger partial charge >= 0.3 is 5.97 Å². The van der Waals surface area contributed by atoms with Crippen LogP contribution in [0.25, 0.3) is 0 Å². The van der Waals surface area contributed by atoms with Gasteiger partial charge in [0, 0.05) is 12.3 Å². The predicted molar refractivity (Wildman–Crippen MR) is 45.0 cm³/mol. The van der Waals surface area contributed by atoms with E-state index < -0.39 is 0 Å². The fraction of sp³-hybridized carbons (Fsp3) is 0.875. The Morgan fingerprint density at radius 2 is 2.42 bits per heavy atom. The second-order valence-corrected chi connectivity index (χ2v) is 3.10. The van der Waals surface area contributed by atoms with Crippen molar-refractivity contribution in [2.45, 2.75) is 32.0 Å². The molecule has 0 amide bonds. The van der Waals surface area contributed by atoms with E-state index in [1.807, 2.05) is 0 Å². The van der Waals surface area contributed by atoms with Crippen LogP contribution in [-0.4, -0.2) is 24.7 Å². The van der Waals surface area contributed by atoms with Crippen molar-refractivity contribution in [3.8, 4) is 0 Å². The van der Waals surface area contributed by atoms with E-state index in [-0.39, 0.29) is 18.7 Å². The molecule has 0 N–H and O–H groups in total. The van der Waals surface area contributed by atoms with E-state index in [4.69, 9.17) is 21.1 Å². The van der Waals surface area contributed by atoms with Gasteiger partial charge in [0.2, 0.25) is 6.29 Å². The molecule has 1 aliphatic heterocycles. The summed E-state index contributed by atoms with van der Waals surface area (Å²) in [5.74, 6) is 0.0443. The molecule has 4 heteroatoms. The number of halogens is 1. The van der Waals surface area contributed by atoms with Crippen LogP contribution < -0.4 is 0 Å². The van der Waals surface area contributed by atoms with Crippen LogP contribution in [0.1, 0.15) is 25.7 Å². The number of esters is 1. The minimum Gasteiger partial charge on any atom is -0.436 e. The molecule has 0 aromatic carbocycles. The number of rotatable bonds is 3. The molecule has 0 bridgehead atoms. The second-order valence-electron chi connectivity index (χ2n) is 2.72. The quantitative estimate of drug-likeness (QED) is 0.504. The lowest BCUT2D eigenvalue weighted by atomic mass is 10.2. The lowest BCUT2D eigenvalue weighted by molar-refractivity contribution is -0.186. The lowest BCUT2D eigenvalue weighted by Crippen LogP contribution is -2.25. The van der Waals surface area contributed by atoms with E-state index in [1.54, 1.807) is 0 Å². The Bertz CT molecular complexity index is 143. The number of alkyl halides is 1. The number of hydrogen-bond acceptors (Lipinski definition) is 3. The Morgan fingerprint density at radius 3 is 3.00 bits per heavy atom. The van der Waals surface area contributed by atoms with Crippen LogP contribution in [0, 0.1) is 0 Å². The molecule has 70 valence electrons. The van der Waals surface area contributed by atoms with Crippen LogP contribution >= 0.6 is 11.6 Å². The molecule has 1 atom stereocenters. The zero-order chi connectivity index (χ0) is 8.81. The number of carbonyl (C=O) groups is 1. The molecule has 0 radical (unpaired) electrons. The molecule has 0 spiro atoms. The standard InChI is InChI=1S/C8H13ClO3/c9-5-4-7(10)12-8-3-1-2-6-11-8/h8H,1-6H2. The smallest absolute Gasteiger partial charge is 0.309 e. The van der Waals surface area contributed by atoms with E-state index in [0.29, 0.717) is 12.5 Å².